The molecule has 0 aliphatic carbocycles. The SMILES string of the molecule is O=C(NCCC(F)(F)F)C1=NOC2CN(c3ncnc4[nH]ccc34)CC12. The number of aromatic nitrogens is 3. The molecule has 11 heteroatoms. The third-order valence-corrected chi connectivity index (χ3v) is 4.46. The van der Waals surface area contributed by atoms with Crippen LogP contribution in [0.1, 0.15) is 6.42 Å². The molecule has 0 bridgehead atoms. The van der Waals surface area contributed by atoms with Crippen LogP contribution in [0.3, 0.4) is 0 Å². The monoisotopic (exact) mass is 368 g/mol. The second-order valence-corrected chi connectivity index (χ2v) is 6.19. The van der Waals surface area contributed by atoms with E-state index < -0.39 is 25.0 Å². The molecule has 1 saturated heterocycles. The highest BCUT2D eigenvalue weighted by Gasteiger charge is 2.45. The number of anilines is 1. The lowest BCUT2D eigenvalue weighted by Gasteiger charge is -2.18. The summed E-state index contributed by atoms with van der Waals surface area (Å²) in [7, 11) is 0. The number of hydrogen-bond donors (Lipinski definition) is 2. The number of aromatic amines is 1. The first-order chi connectivity index (χ1) is 12.4. The predicted molar refractivity (Wildman–Crippen MR) is 85.6 cm³/mol. The lowest BCUT2D eigenvalue weighted by molar-refractivity contribution is -0.134. The summed E-state index contributed by atoms with van der Waals surface area (Å²) >= 11 is 0. The van der Waals surface area contributed by atoms with Crippen molar-refractivity contribution in [3.63, 3.8) is 0 Å². The number of fused-ring (bicyclic) bond motifs is 2. The van der Waals surface area contributed by atoms with E-state index >= 15 is 0 Å². The fourth-order valence-corrected chi connectivity index (χ4v) is 3.24. The average molecular weight is 368 g/mol. The zero-order chi connectivity index (χ0) is 18.3. The Balaban J connectivity index is 1.44. The summed E-state index contributed by atoms with van der Waals surface area (Å²) in [4.78, 5) is 30.9. The smallest absolute Gasteiger partial charge is 0.389 e. The summed E-state index contributed by atoms with van der Waals surface area (Å²) in [6, 6.07) is 1.86. The minimum absolute atomic E-state index is 0.124. The molecule has 0 saturated carbocycles. The van der Waals surface area contributed by atoms with Crippen molar-refractivity contribution in [2.75, 3.05) is 24.5 Å². The van der Waals surface area contributed by atoms with Gasteiger partial charge in [0.1, 0.15) is 17.8 Å². The maximum atomic E-state index is 12.2. The number of nitrogens with one attached hydrogen (secondary N) is 2. The molecule has 0 aromatic carbocycles. The molecular weight excluding hydrogens is 353 g/mol. The van der Waals surface area contributed by atoms with Gasteiger partial charge >= 0.3 is 6.18 Å². The normalized spacial score (nSPS) is 22.3. The number of carbonyl (C=O) groups excluding carboxylic acids is 1. The number of carbonyl (C=O) groups is 1. The summed E-state index contributed by atoms with van der Waals surface area (Å²) in [5.41, 5.74) is 0.825. The van der Waals surface area contributed by atoms with Gasteiger partial charge in [-0.3, -0.25) is 4.79 Å². The Morgan fingerprint density at radius 2 is 2.23 bits per heavy atom. The van der Waals surface area contributed by atoms with E-state index in [-0.39, 0.29) is 17.7 Å². The number of rotatable bonds is 4. The lowest BCUT2D eigenvalue weighted by Crippen LogP contribution is -2.38. The second-order valence-electron chi connectivity index (χ2n) is 6.19. The number of H-pyrrole nitrogens is 1. The highest BCUT2D eigenvalue weighted by atomic mass is 19.4. The third-order valence-electron chi connectivity index (χ3n) is 4.46. The summed E-state index contributed by atoms with van der Waals surface area (Å²) < 4.78 is 36.6. The zero-order valence-electron chi connectivity index (χ0n) is 13.5. The van der Waals surface area contributed by atoms with Crippen LogP contribution in [0.4, 0.5) is 19.0 Å². The highest BCUT2D eigenvalue weighted by molar-refractivity contribution is 6.40. The predicted octanol–water partition coefficient (Wildman–Crippen LogP) is 1.22. The average Bonchev–Trinajstić information content (AvgIpc) is 3.27. The van der Waals surface area contributed by atoms with Gasteiger partial charge in [0.2, 0.25) is 0 Å². The Bertz CT molecular complexity index is 864. The van der Waals surface area contributed by atoms with Crippen molar-refractivity contribution >= 4 is 28.5 Å². The minimum Gasteiger partial charge on any atom is -0.389 e. The molecule has 2 aliphatic heterocycles. The van der Waals surface area contributed by atoms with Crippen LogP contribution in [0.25, 0.3) is 11.0 Å². The molecule has 2 unspecified atom stereocenters. The molecule has 1 fully saturated rings. The van der Waals surface area contributed by atoms with Crippen LogP contribution in [0, 0.1) is 5.92 Å². The molecule has 2 atom stereocenters. The Morgan fingerprint density at radius 3 is 3.04 bits per heavy atom. The Labute approximate surface area is 145 Å². The first kappa shape index (κ1) is 16.6. The van der Waals surface area contributed by atoms with Crippen molar-refractivity contribution < 1.29 is 22.8 Å². The summed E-state index contributed by atoms with van der Waals surface area (Å²) in [6.45, 7) is 0.427. The van der Waals surface area contributed by atoms with Gasteiger partial charge in [-0.15, -0.1) is 0 Å². The van der Waals surface area contributed by atoms with Gasteiger partial charge in [-0.25, -0.2) is 9.97 Å². The third kappa shape index (κ3) is 3.04. The number of oxime groups is 1. The molecule has 2 aliphatic rings. The van der Waals surface area contributed by atoms with E-state index in [0.717, 1.165) is 5.39 Å². The molecule has 4 heterocycles. The Morgan fingerprint density at radius 1 is 1.38 bits per heavy atom. The van der Waals surface area contributed by atoms with Gasteiger partial charge in [0.15, 0.2) is 11.8 Å². The van der Waals surface area contributed by atoms with Gasteiger partial charge in [0.05, 0.1) is 24.3 Å². The molecule has 4 rings (SSSR count). The standard InChI is InChI=1S/C15H15F3N6O2/c16-15(17,18)2-4-20-14(25)11-9-5-24(6-10(9)26-23-11)13-8-1-3-19-12(8)21-7-22-13/h1,3,7,9-10H,2,4-6H2,(H,20,25)(H,19,21,22). The second kappa shape index (κ2) is 6.15. The largest absolute Gasteiger partial charge is 0.390 e. The van der Waals surface area contributed by atoms with Crippen LogP contribution in [-0.4, -0.2) is 58.5 Å². The van der Waals surface area contributed by atoms with Gasteiger partial charge < -0.3 is 20.0 Å². The lowest BCUT2D eigenvalue weighted by atomic mass is 10.0. The summed E-state index contributed by atoms with van der Waals surface area (Å²) in [5, 5.41) is 6.88. The number of hydrogen-bond acceptors (Lipinski definition) is 6. The van der Waals surface area contributed by atoms with Crippen molar-refractivity contribution in [1.29, 1.82) is 0 Å². The summed E-state index contributed by atoms with van der Waals surface area (Å²) in [5.74, 6) is -0.228. The molecule has 26 heavy (non-hydrogen) atoms. The minimum atomic E-state index is -4.32. The first-order valence-electron chi connectivity index (χ1n) is 8.04. The maximum Gasteiger partial charge on any atom is 0.390 e. The molecular formula is C15H15F3N6O2. The quantitative estimate of drug-likeness (QED) is 0.846. The summed E-state index contributed by atoms with van der Waals surface area (Å²) in [6.07, 6.45) is -2.52. The number of nitrogens with zero attached hydrogens (tertiary/aromatic N) is 4. The molecule has 2 aromatic rings. The molecule has 0 spiro atoms. The highest BCUT2D eigenvalue weighted by Crippen LogP contribution is 2.32. The molecule has 0 radical (unpaired) electrons. The number of amides is 1. The fraction of sp³-hybridized carbons (Fsp3) is 0.467. The van der Waals surface area contributed by atoms with Gasteiger partial charge in [0, 0.05) is 19.3 Å². The van der Waals surface area contributed by atoms with Crippen LogP contribution >= 0.6 is 0 Å². The van der Waals surface area contributed by atoms with Gasteiger partial charge in [-0.1, -0.05) is 5.16 Å². The van der Waals surface area contributed by atoms with Gasteiger partial charge in [0.25, 0.3) is 5.91 Å². The topological polar surface area (TPSA) is 95.5 Å². The maximum absolute atomic E-state index is 12.2. The van der Waals surface area contributed by atoms with E-state index in [1.54, 1.807) is 6.20 Å². The Hall–Kier alpha value is -2.85. The van der Waals surface area contributed by atoms with Crippen molar-refractivity contribution in [3.05, 3.63) is 18.6 Å². The van der Waals surface area contributed by atoms with Crippen LogP contribution in [0.5, 0.6) is 0 Å². The Kier molecular flexibility index (Phi) is 3.93. The van der Waals surface area contributed by atoms with Crippen LogP contribution in [-0.2, 0) is 9.63 Å². The number of alkyl halides is 3. The number of halogens is 3. The molecule has 138 valence electrons. The van der Waals surface area contributed by atoms with Crippen molar-refractivity contribution in [2.24, 2.45) is 11.1 Å². The molecule has 2 aromatic heterocycles. The van der Waals surface area contributed by atoms with Crippen molar-refractivity contribution in [3.8, 4) is 0 Å². The van der Waals surface area contributed by atoms with Gasteiger partial charge in [-0.2, -0.15) is 13.2 Å². The van der Waals surface area contributed by atoms with E-state index in [2.05, 4.69) is 25.4 Å². The van der Waals surface area contributed by atoms with E-state index in [9.17, 15) is 18.0 Å². The molecule has 2 N–H and O–H groups in total. The van der Waals surface area contributed by atoms with Crippen molar-refractivity contribution in [2.45, 2.75) is 18.7 Å². The molecule has 8 nitrogen and oxygen atoms in total. The molecule has 1 amide bonds. The van der Waals surface area contributed by atoms with E-state index in [0.29, 0.717) is 24.6 Å². The van der Waals surface area contributed by atoms with Crippen LogP contribution < -0.4 is 10.2 Å². The first-order valence-corrected chi connectivity index (χ1v) is 8.04. The zero-order valence-corrected chi connectivity index (χ0v) is 13.5. The van der Waals surface area contributed by atoms with Crippen molar-refractivity contribution in [1.82, 2.24) is 20.3 Å². The van der Waals surface area contributed by atoms with Crippen LogP contribution in [0.15, 0.2) is 23.7 Å². The van der Waals surface area contributed by atoms with E-state index in [4.69, 9.17) is 4.84 Å². The van der Waals surface area contributed by atoms with E-state index in [1.165, 1.54) is 6.33 Å². The van der Waals surface area contributed by atoms with Crippen LogP contribution in [0.2, 0.25) is 0 Å². The van der Waals surface area contributed by atoms with E-state index in [1.807, 2.05) is 11.0 Å². The fourth-order valence-electron chi connectivity index (χ4n) is 3.24. The van der Waals surface area contributed by atoms with Gasteiger partial charge in [-0.05, 0) is 6.07 Å².